The minimum atomic E-state index is -0.795. The van der Waals surface area contributed by atoms with E-state index in [-0.39, 0.29) is 23.5 Å². The molecule has 3 aromatic carbocycles. The van der Waals surface area contributed by atoms with E-state index in [0.29, 0.717) is 39.2 Å². The first-order chi connectivity index (χ1) is 19.6. The van der Waals surface area contributed by atoms with Gasteiger partial charge in [0.1, 0.15) is 22.7 Å². The van der Waals surface area contributed by atoms with Crippen molar-refractivity contribution >= 4 is 22.8 Å². The molecule has 210 valence electrons. The number of carbonyl (C=O) groups is 2. The van der Waals surface area contributed by atoms with Crippen molar-refractivity contribution in [2.45, 2.75) is 45.6 Å². The van der Waals surface area contributed by atoms with Crippen LogP contribution in [-0.2, 0) is 5.54 Å². The predicted molar refractivity (Wildman–Crippen MR) is 153 cm³/mol. The van der Waals surface area contributed by atoms with Crippen molar-refractivity contribution in [3.05, 3.63) is 95.4 Å². The van der Waals surface area contributed by atoms with Gasteiger partial charge in [0, 0.05) is 23.6 Å². The molecule has 3 N–H and O–H groups in total. The van der Waals surface area contributed by atoms with Gasteiger partial charge in [0.15, 0.2) is 5.16 Å². The number of furan rings is 1. The first kappa shape index (κ1) is 27.8. The molecule has 0 aliphatic rings. The minimum absolute atomic E-state index is 0.163. The number of fused-ring (bicyclic) bond motifs is 1. The monoisotopic (exact) mass is 555 g/mol. The van der Waals surface area contributed by atoms with Gasteiger partial charge in [-0.15, -0.1) is 0 Å². The van der Waals surface area contributed by atoms with E-state index in [2.05, 4.69) is 34.6 Å². The third-order valence-corrected chi connectivity index (χ3v) is 7.41. The number of hydrogen-bond acceptors (Lipinski definition) is 5. The Kier molecular flexibility index (Phi) is 7.45. The number of aromatic amines is 1. The number of H-pyrrole nitrogens is 1. The van der Waals surface area contributed by atoms with Crippen molar-refractivity contribution in [3.63, 3.8) is 0 Å². The SMILES string of the molecule is CC[C@H](C)c1cc2oc(-c3ccc(F)cc3)c(C(=O)NC)c2cc1-c1cccc(C(=O)NC(C)(C)c2noc[nH+]2)c1. The molecule has 9 heteroatoms. The van der Waals surface area contributed by atoms with Gasteiger partial charge < -0.3 is 15.1 Å². The van der Waals surface area contributed by atoms with Crippen LogP contribution in [0, 0.1) is 5.82 Å². The van der Waals surface area contributed by atoms with Crippen LogP contribution >= 0.6 is 0 Å². The van der Waals surface area contributed by atoms with Crippen LogP contribution in [0.15, 0.2) is 76.0 Å². The molecule has 2 heterocycles. The molecule has 0 aliphatic carbocycles. The number of hydrogen-bond donors (Lipinski definition) is 2. The average Bonchev–Trinajstić information content (AvgIpc) is 3.65. The predicted octanol–water partition coefficient (Wildman–Crippen LogP) is 6.25. The molecular weight excluding hydrogens is 523 g/mol. The van der Waals surface area contributed by atoms with E-state index in [1.807, 2.05) is 44.2 Å². The summed E-state index contributed by atoms with van der Waals surface area (Å²) < 4.78 is 24.8. The van der Waals surface area contributed by atoms with Crippen LogP contribution in [0.5, 0.6) is 0 Å². The molecule has 0 saturated carbocycles. The third kappa shape index (κ3) is 5.35. The van der Waals surface area contributed by atoms with E-state index in [4.69, 9.17) is 8.94 Å². The van der Waals surface area contributed by atoms with Crippen LogP contribution in [0.2, 0.25) is 0 Å². The Morgan fingerprint density at radius 1 is 1.05 bits per heavy atom. The van der Waals surface area contributed by atoms with Crippen molar-refractivity contribution in [3.8, 4) is 22.5 Å². The highest BCUT2D eigenvalue weighted by Crippen LogP contribution is 2.40. The molecule has 1 atom stereocenters. The average molecular weight is 556 g/mol. The Morgan fingerprint density at radius 2 is 1.80 bits per heavy atom. The number of carbonyl (C=O) groups excluding carboxylic acids is 2. The maximum absolute atomic E-state index is 13.7. The third-order valence-electron chi connectivity index (χ3n) is 7.41. The number of rotatable bonds is 8. The second kappa shape index (κ2) is 11.0. The van der Waals surface area contributed by atoms with Crippen molar-refractivity contribution in [1.29, 1.82) is 0 Å². The second-order valence-corrected chi connectivity index (χ2v) is 10.6. The normalized spacial score (nSPS) is 12.3. The molecular formula is C32H32FN4O4+. The fraction of sp³-hybridized carbons (Fsp3) is 0.250. The summed E-state index contributed by atoms with van der Waals surface area (Å²) in [5.41, 5.74) is 3.94. The molecule has 0 bridgehead atoms. The van der Waals surface area contributed by atoms with Crippen LogP contribution in [0.1, 0.15) is 72.1 Å². The highest BCUT2D eigenvalue weighted by molar-refractivity contribution is 6.12. The van der Waals surface area contributed by atoms with Gasteiger partial charge in [-0.3, -0.25) is 9.59 Å². The number of aromatic nitrogens is 2. The molecule has 2 amide bonds. The van der Waals surface area contributed by atoms with Crippen LogP contribution < -0.4 is 15.6 Å². The number of halogens is 1. The number of nitrogens with one attached hydrogen (secondary N) is 3. The van der Waals surface area contributed by atoms with Gasteiger partial charge in [-0.05, 0) is 91.4 Å². The molecule has 8 nitrogen and oxygen atoms in total. The largest absolute Gasteiger partial charge is 0.455 e. The summed E-state index contributed by atoms with van der Waals surface area (Å²) in [4.78, 5) is 29.3. The lowest BCUT2D eigenvalue weighted by molar-refractivity contribution is -0.403. The quantitative estimate of drug-likeness (QED) is 0.235. The Balaban J connectivity index is 1.64. The summed E-state index contributed by atoms with van der Waals surface area (Å²) >= 11 is 0. The molecule has 0 unspecified atom stereocenters. The molecule has 5 rings (SSSR count). The molecule has 0 spiro atoms. The van der Waals surface area contributed by atoms with Gasteiger partial charge in [-0.2, -0.15) is 0 Å². The van der Waals surface area contributed by atoms with Gasteiger partial charge in [-0.25, -0.2) is 13.9 Å². The first-order valence-corrected chi connectivity index (χ1v) is 13.5. The van der Waals surface area contributed by atoms with E-state index in [1.54, 1.807) is 25.2 Å². The highest BCUT2D eigenvalue weighted by Gasteiger charge is 2.34. The zero-order chi connectivity index (χ0) is 29.3. The van der Waals surface area contributed by atoms with Crippen molar-refractivity contribution in [2.75, 3.05) is 7.05 Å². The summed E-state index contributed by atoms with van der Waals surface area (Å²) in [5.74, 6) is 0.0602. The fourth-order valence-corrected chi connectivity index (χ4v) is 4.92. The van der Waals surface area contributed by atoms with Crippen LogP contribution in [0.25, 0.3) is 33.4 Å². The molecule has 0 aliphatic heterocycles. The van der Waals surface area contributed by atoms with E-state index < -0.39 is 5.54 Å². The summed E-state index contributed by atoms with van der Waals surface area (Å²) in [6.07, 6.45) is 2.22. The lowest BCUT2D eigenvalue weighted by Crippen LogP contribution is -2.44. The van der Waals surface area contributed by atoms with E-state index in [1.165, 1.54) is 18.5 Å². The number of benzene rings is 3. The smallest absolute Gasteiger partial charge is 0.371 e. The molecule has 41 heavy (non-hydrogen) atoms. The van der Waals surface area contributed by atoms with Crippen molar-refractivity contribution in [2.24, 2.45) is 0 Å². The van der Waals surface area contributed by atoms with Gasteiger partial charge in [0.25, 0.3) is 11.8 Å². The van der Waals surface area contributed by atoms with E-state index in [9.17, 15) is 14.0 Å². The Bertz CT molecular complexity index is 1720. The van der Waals surface area contributed by atoms with Gasteiger partial charge >= 0.3 is 12.2 Å². The van der Waals surface area contributed by atoms with E-state index >= 15 is 0 Å². The van der Waals surface area contributed by atoms with Crippen molar-refractivity contribution < 1.29 is 27.9 Å². The van der Waals surface area contributed by atoms with Crippen LogP contribution in [-0.4, -0.2) is 24.0 Å². The maximum atomic E-state index is 13.7. The Morgan fingerprint density at radius 3 is 2.46 bits per heavy atom. The molecule has 0 fully saturated rings. The first-order valence-electron chi connectivity index (χ1n) is 13.5. The highest BCUT2D eigenvalue weighted by atomic mass is 19.1. The van der Waals surface area contributed by atoms with Crippen molar-refractivity contribution in [1.82, 2.24) is 15.8 Å². The van der Waals surface area contributed by atoms with Crippen LogP contribution in [0.3, 0.4) is 0 Å². The van der Waals surface area contributed by atoms with Gasteiger partial charge in [0.2, 0.25) is 0 Å². The number of nitrogens with zero attached hydrogens (tertiary/aromatic N) is 1. The maximum Gasteiger partial charge on any atom is 0.371 e. The zero-order valence-corrected chi connectivity index (χ0v) is 23.6. The Labute approximate surface area is 237 Å². The molecule has 0 radical (unpaired) electrons. The lowest BCUT2D eigenvalue weighted by Gasteiger charge is -2.19. The minimum Gasteiger partial charge on any atom is -0.455 e. The zero-order valence-electron chi connectivity index (χ0n) is 23.6. The molecule has 5 aromatic rings. The molecule has 0 saturated heterocycles. The number of amides is 2. The molecule has 2 aromatic heterocycles. The second-order valence-electron chi connectivity index (χ2n) is 10.6. The summed E-state index contributed by atoms with van der Waals surface area (Å²) in [5, 5.41) is 10.3. The summed E-state index contributed by atoms with van der Waals surface area (Å²) in [6, 6.07) is 17.2. The van der Waals surface area contributed by atoms with Gasteiger partial charge in [-0.1, -0.05) is 26.0 Å². The summed E-state index contributed by atoms with van der Waals surface area (Å²) in [7, 11) is 1.56. The summed E-state index contributed by atoms with van der Waals surface area (Å²) in [6.45, 7) is 7.89. The fourth-order valence-electron chi connectivity index (χ4n) is 4.92. The van der Waals surface area contributed by atoms with Gasteiger partial charge in [0.05, 0.1) is 5.56 Å². The lowest BCUT2D eigenvalue weighted by atomic mass is 9.88. The standard InChI is InChI=1S/C32H31FN4O4/c1-6-18(2)23-16-26-25(27(30(39)34-5)28(41-26)19-10-12-22(33)13-11-19)15-24(23)20-8-7-9-21(14-20)29(38)36-32(3,4)31-35-17-40-37-31/h7-18H,6H2,1-5H3,(H,34,39)(H,36,38)/p+1/t18-/m0/s1. The topological polar surface area (TPSA) is 112 Å². The Hall–Kier alpha value is -4.79. The van der Waals surface area contributed by atoms with Crippen LogP contribution in [0.4, 0.5) is 4.39 Å². The van der Waals surface area contributed by atoms with E-state index in [0.717, 1.165) is 23.1 Å².